The van der Waals surface area contributed by atoms with Crippen LogP contribution in [-0.2, 0) is 27.9 Å². The normalized spacial score (nSPS) is 13.2. The van der Waals surface area contributed by atoms with Crippen LogP contribution in [0, 0.1) is 0 Å². The fourth-order valence-corrected chi connectivity index (χ4v) is 8.49. The fraction of sp³-hybridized carbons (Fsp3) is 0.922. The molecule has 362 valence electrons. The van der Waals surface area contributed by atoms with Gasteiger partial charge in [0.1, 0.15) is 12.7 Å². The van der Waals surface area contributed by atoms with E-state index in [0.29, 0.717) is 6.42 Å². The number of carbonyl (C=O) groups excluding carboxylic acids is 2. The number of amides is 1. The van der Waals surface area contributed by atoms with E-state index in [1.54, 1.807) is 0 Å². The molecule has 0 bridgehead atoms. The molecule has 0 fully saturated rings. The minimum Gasteiger partial charge on any atom is -0.463 e. The average Bonchev–Trinajstić information content (AvgIpc) is 3.25. The Balaban J connectivity index is 3.51. The van der Waals surface area contributed by atoms with Gasteiger partial charge < -0.3 is 20.1 Å². The lowest BCUT2D eigenvalue weighted by Crippen LogP contribution is -2.27. The summed E-state index contributed by atoms with van der Waals surface area (Å²) >= 11 is 0. The maximum absolute atomic E-state index is 12.1. The van der Waals surface area contributed by atoms with Gasteiger partial charge in [-0.3, -0.25) is 18.6 Å². The van der Waals surface area contributed by atoms with Gasteiger partial charge in [0.15, 0.2) is 0 Å². The third-order valence-electron chi connectivity index (χ3n) is 11.7. The molecule has 0 rings (SSSR count). The minimum absolute atomic E-state index is 0.0832. The number of ether oxygens (including phenoxy) is 1. The number of allylic oxidation sites excluding steroid dienone is 2. The molecule has 0 aliphatic carbocycles. The number of rotatable bonds is 50. The van der Waals surface area contributed by atoms with Crippen molar-refractivity contribution in [2.75, 3.05) is 26.4 Å². The van der Waals surface area contributed by atoms with E-state index < -0.39 is 26.5 Å². The van der Waals surface area contributed by atoms with Gasteiger partial charge in [0, 0.05) is 19.4 Å². The minimum atomic E-state index is -4.42. The van der Waals surface area contributed by atoms with E-state index >= 15 is 0 Å². The molecule has 0 aliphatic heterocycles. The maximum atomic E-state index is 12.1. The molecule has 10 heteroatoms. The van der Waals surface area contributed by atoms with Crippen molar-refractivity contribution in [1.82, 2.24) is 5.32 Å². The number of phosphoric acid groups is 1. The van der Waals surface area contributed by atoms with Crippen LogP contribution in [0.1, 0.15) is 271 Å². The van der Waals surface area contributed by atoms with Gasteiger partial charge in [-0.2, -0.15) is 0 Å². The second-order valence-electron chi connectivity index (χ2n) is 17.9. The lowest BCUT2D eigenvalue weighted by Gasteiger charge is -2.15. The van der Waals surface area contributed by atoms with E-state index in [-0.39, 0.29) is 32.1 Å². The van der Waals surface area contributed by atoms with Crippen LogP contribution in [-0.4, -0.2) is 54.3 Å². The van der Waals surface area contributed by atoms with Crippen molar-refractivity contribution in [3.63, 3.8) is 0 Å². The number of phosphoric ester groups is 1. The van der Waals surface area contributed by atoms with Gasteiger partial charge >= 0.3 is 13.8 Å². The average molecular weight is 886 g/mol. The molecule has 0 heterocycles. The highest BCUT2D eigenvalue weighted by Crippen LogP contribution is 2.42. The quantitative estimate of drug-likeness (QED) is 0.0238. The molecule has 2 unspecified atom stereocenters. The Kier molecular flexibility index (Phi) is 47.2. The number of aliphatic hydroxyl groups is 1. The predicted octanol–water partition coefficient (Wildman–Crippen LogP) is 15.3. The lowest BCUT2D eigenvalue weighted by atomic mass is 10.0. The standard InChI is InChI=1S/C51H100NO8P/c1-3-5-7-9-11-13-15-17-19-21-22-23-24-25-26-28-30-32-34-36-38-40-42-44-51(55)58-47-49(53)48-60-61(56,57)59-46-45-52-50(54)43-41-39-37-35-33-31-29-27-20-18-16-14-12-10-8-6-4-2/h18,20,49,53H,3-17,19,21-48H2,1-2H3,(H,52,54)(H,56,57)/b20-18-. The van der Waals surface area contributed by atoms with Crippen molar-refractivity contribution < 1.29 is 37.9 Å². The number of hydrogen-bond donors (Lipinski definition) is 3. The highest BCUT2D eigenvalue weighted by Gasteiger charge is 2.23. The number of aliphatic hydroxyl groups excluding tert-OH is 1. The van der Waals surface area contributed by atoms with Gasteiger partial charge in [0.2, 0.25) is 5.91 Å². The molecule has 2 atom stereocenters. The highest BCUT2D eigenvalue weighted by atomic mass is 31.2. The van der Waals surface area contributed by atoms with Gasteiger partial charge in [-0.25, -0.2) is 4.57 Å². The Morgan fingerprint density at radius 2 is 0.836 bits per heavy atom. The first-order valence-electron chi connectivity index (χ1n) is 26.2. The zero-order chi connectivity index (χ0) is 44.6. The number of carbonyl (C=O) groups is 2. The summed E-state index contributed by atoms with van der Waals surface area (Å²) in [5.74, 6) is -0.507. The number of unbranched alkanes of at least 4 members (excludes halogenated alkanes) is 35. The summed E-state index contributed by atoms with van der Waals surface area (Å²) in [7, 11) is -4.42. The Morgan fingerprint density at radius 3 is 1.23 bits per heavy atom. The van der Waals surface area contributed by atoms with Crippen LogP contribution < -0.4 is 5.32 Å². The molecule has 0 aromatic carbocycles. The van der Waals surface area contributed by atoms with Crippen LogP contribution in [0.25, 0.3) is 0 Å². The van der Waals surface area contributed by atoms with Gasteiger partial charge in [0.05, 0.1) is 13.2 Å². The van der Waals surface area contributed by atoms with Gasteiger partial charge in [-0.05, 0) is 38.5 Å². The highest BCUT2D eigenvalue weighted by molar-refractivity contribution is 7.47. The van der Waals surface area contributed by atoms with Crippen LogP contribution in [0.15, 0.2) is 12.2 Å². The van der Waals surface area contributed by atoms with Crippen molar-refractivity contribution in [1.29, 1.82) is 0 Å². The molecule has 0 spiro atoms. The Labute approximate surface area is 377 Å². The third-order valence-corrected chi connectivity index (χ3v) is 12.7. The maximum Gasteiger partial charge on any atom is 0.472 e. The van der Waals surface area contributed by atoms with Crippen molar-refractivity contribution in [2.24, 2.45) is 0 Å². The van der Waals surface area contributed by atoms with Crippen LogP contribution in [0.5, 0.6) is 0 Å². The first-order valence-corrected chi connectivity index (χ1v) is 27.7. The third kappa shape index (κ3) is 49.6. The molecule has 1 amide bonds. The van der Waals surface area contributed by atoms with E-state index in [1.807, 2.05) is 0 Å². The molecule has 3 N–H and O–H groups in total. The Bertz CT molecular complexity index is 1010. The van der Waals surface area contributed by atoms with Crippen LogP contribution >= 0.6 is 7.82 Å². The van der Waals surface area contributed by atoms with Crippen molar-refractivity contribution in [3.8, 4) is 0 Å². The summed E-state index contributed by atoms with van der Waals surface area (Å²) in [5, 5.41) is 12.8. The fourth-order valence-electron chi connectivity index (χ4n) is 7.73. The largest absolute Gasteiger partial charge is 0.472 e. The van der Waals surface area contributed by atoms with E-state index in [1.165, 1.54) is 205 Å². The SMILES string of the molecule is CCCCCCCC/C=C\CCCCCCCCCC(=O)NCCOP(=O)(O)OCC(O)COC(=O)CCCCCCCCCCCCCCCCCCCCCCCCC. The molecule has 0 radical (unpaired) electrons. The van der Waals surface area contributed by atoms with Crippen molar-refractivity contribution in [3.05, 3.63) is 12.2 Å². The molecule has 0 aromatic heterocycles. The van der Waals surface area contributed by atoms with Crippen LogP contribution in [0.2, 0.25) is 0 Å². The molecule has 9 nitrogen and oxygen atoms in total. The summed E-state index contributed by atoms with van der Waals surface area (Å²) in [6, 6.07) is 0. The first-order chi connectivity index (χ1) is 29.8. The zero-order valence-electron chi connectivity index (χ0n) is 40.1. The predicted molar refractivity (Wildman–Crippen MR) is 257 cm³/mol. The zero-order valence-corrected chi connectivity index (χ0v) is 41.0. The summed E-state index contributed by atoms with van der Waals surface area (Å²) < 4.78 is 27.0. The number of esters is 1. The number of hydrogen-bond acceptors (Lipinski definition) is 7. The summed E-state index contributed by atoms with van der Waals surface area (Å²) in [6.45, 7) is 3.60. The first kappa shape index (κ1) is 59.8. The van der Waals surface area contributed by atoms with Crippen LogP contribution in [0.4, 0.5) is 0 Å². The molecule has 0 aromatic rings. The smallest absolute Gasteiger partial charge is 0.463 e. The topological polar surface area (TPSA) is 131 Å². The Hall–Kier alpha value is -1.25. The summed E-state index contributed by atoms with van der Waals surface area (Å²) in [5.41, 5.74) is 0. The van der Waals surface area contributed by atoms with E-state index in [2.05, 4.69) is 31.3 Å². The molecular formula is C51H100NO8P. The van der Waals surface area contributed by atoms with Gasteiger partial charge in [-0.15, -0.1) is 0 Å². The summed E-state index contributed by atoms with van der Waals surface area (Å²) in [6.07, 6.45) is 53.0. The van der Waals surface area contributed by atoms with E-state index in [4.69, 9.17) is 13.8 Å². The molecule has 0 saturated heterocycles. The molecule has 0 aliphatic rings. The van der Waals surface area contributed by atoms with Gasteiger partial charge in [0.25, 0.3) is 0 Å². The van der Waals surface area contributed by atoms with Crippen molar-refractivity contribution >= 4 is 19.7 Å². The number of nitrogens with one attached hydrogen (secondary N) is 1. The second kappa shape index (κ2) is 48.2. The Morgan fingerprint density at radius 1 is 0.492 bits per heavy atom. The summed E-state index contributed by atoms with van der Waals surface area (Å²) in [4.78, 5) is 34.1. The van der Waals surface area contributed by atoms with Crippen LogP contribution in [0.3, 0.4) is 0 Å². The monoisotopic (exact) mass is 886 g/mol. The van der Waals surface area contributed by atoms with E-state index in [0.717, 1.165) is 38.5 Å². The van der Waals surface area contributed by atoms with Gasteiger partial charge in [-0.1, -0.05) is 231 Å². The molecule has 0 saturated carbocycles. The van der Waals surface area contributed by atoms with E-state index in [9.17, 15) is 24.2 Å². The molecule has 61 heavy (non-hydrogen) atoms. The lowest BCUT2D eigenvalue weighted by molar-refractivity contribution is -0.147. The molecular weight excluding hydrogens is 786 g/mol. The van der Waals surface area contributed by atoms with Crippen molar-refractivity contribution in [2.45, 2.75) is 277 Å². The second-order valence-corrected chi connectivity index (χ2v) is 19.3.